The Hall–Kier alpha value is -1.45. The molecule has 0 heterocycles. The molecule has 0 aliphatic rings. The molecule has 0 radical (unpaired) electrons. The van der Waals surface area contributed by atoms with E-state index in [-0.39, 0.29) is 5.25 Å². The molecule has 2 N–H and O–H groups in total. The second-order valence-corrected chi connectivity index (χ2v) is 7.16. The minimum Gasteiger partial charge on any atom is -0.326 e. The van der Waals surface area contributed by atoms with Gasteiger partial charge in [-0.05, 0) is 28.7 Å². The van der Waals surface area contributed by atoms with Crippen molar-refractivity contribution in [2.75, 3.05) is 0 Å². The fraction of sp³-hybridized carbons (Fsp3) is 0.333. The van der Waals surface area contributed by atoms with Crippen LogP contribution >= 0.6 is 0 Å². The molecule has 21 heavy (non-hydrogen) atoms. The van der Waals surface area contributed by atoms with Gasteiger partial charge < -0.3 is 5.73 Å². The lowest BCUT2D eigenvalue weighted by Gasteiger charge is -2.10. The van der Waals surface area contributed by atoms with Crippen LogP contribution in [0.3, 0.4) is 0 Å². The van der Waals surface area contributed by atoms with E-state index in [9.17, 15) is 4.21 Å². The third-order valence-electron chi connectivity index (χ3n) is 3.83. The van der Waals surface area contributed by atoms with Crippen molar-refractivity contribution in [2.24, 2.45) is 5.73 Å². The third-order valence-corrected chi connectivity index (χ3v) is 5.68. The van der Waals surface area contributed by atoms with Gasteiger partial charge in [-0.1, -0.05) is 62.4 Å². The summed E-state index contributed by atoms with van der Waals surface area (Å²) in [6.07, 6.45) is 0.953. The van der Waals surface area contributed by atoms with E-state index in [0.717, 1.165) is 23.1 Å². The molecule has 0 bridgehead atoms. The fourth-order valence-electron chi connectivity index (χ4n) is 2.25. The summed E-state index contributed by atoms with van der Waals surface area (Å²) in [5.74, 6) is 0.633. The molecule has 0 amide bonds. The van der Waals surface area contributed by atoms with Crippen molar-refractivity contribution in [3.63, 3.8) is 0 Å². The number of hydrogen-bond acceptors (Lipinski definition) is 2. The van der Waals surface area contributed by atoms with Crippen LogP contribution in [0.25, 0.3) is 11.1 Å². The highest BCUT2D eigenvalue weighted by Gasteiger charge is 2.10. The maximum atomic E-state index is 12.1. The molecule has 0 aliphatic heterocycles. The van der Waals surface area contributed by atoms with Gasteiger partial charge >= 0.3 is 0 Å². The van der Waals surface area contributed by atoms with Gasteiger partial charge in [0.15, 0.2) is 0 Å². The van der Waals surface area contributed by atoms with Crippen LogP contribution in [0.5, 0.6) is 0 Å². The van der Waals surface area contributed by atoms with Crippen LogP contribution in [0, 0.1) is 0 Å². The van der Waals surface area contributed by atoms with Crippen molar-refractivity contribution >= 4 is 10.8 Å². The molecular weight excluding hydrogens is 278 g/mol. The molecule has 0 aliphatic carbocycles. The maximum Gasteiger partial charge on any atom is 0.0488 e. The third kappa shape index (κ3) is 4.02. The zero-order valence-corrected chi connectivity index (χ0v) is 13.5. The van der Waals surface area contributed by atoms with Gasteiger partial charge in [-0.3, -0.25) is 4.21 Å². The normalized spacial score (nSPS) is 13.9. The van der Waals surface area contributed by atoms with Crippen LogP contribution in [0.15, 0.2) is 48.5 Å². The van der Waals surface area contributed by atoms with Crippen molar-refractivity contribution in [1.29, 1.82) is 0 Å². The van der Waals surface area contributed by atoms with Crippen molar-refractivity contribution < 1.29 is 4.21 Å². The molecule has 2 rings (SSSR count). The Morgan fingerprint density at radius 3 is 2.38 bits per heavy atom. The van der Waals surface area contributed by atoms with Crippen molar-refractivity contribution in [3.8, 4) is 11.1 Å². The molecule has 3 heteroatoms. The summed E-state index contributed by atoms with van der Waals surface area (Å²) < 4.78 is 12.1. The topological polar surface area (TPSA) is 43.1 Å². The summed E-state index contributed by atoms with van der Waals surface area (Å²) in [6, 6.07) is 16.5. The van der Waals surface area contributed by atoms with Crippen LogP contribution in [0.4, 0.5) is 0 Å². The molecule has 2 aromatic rings. The van der Waals surface area contributed by atoms with Gasteiger partial charge in [-0.25, -0.2) is 0 Å². The predicted octanol–water partition coefficient (Wildman–Crippen LogP) is 3.86. The summed E-state index contributed by atoms with van der Waals surface area (Å²) in [4.78, 5) is 0. The fourth-order valence-corrected chi connectivity index (χ4v) is 3.43. The average molecular weight is 301 g/mol. The summed E-state index contributed by atoms with van der Waals surface area (Å²) in [7, 11) is -0.793. The quantitative estimate of drug-likeness (QED) is 0.880. The summed E-state index contributed by atoms with van der Waals surface area (Å²) in [5.41, 5.74) is 10.4. The molecule has 112 valence electrons. The van der Waals surface area contributed by atoms with Gasteiger partial charge in [-0.2, -0.15) is 0 Å². The van der Waals surface area contributed by atoms with Crippen molar-refractivity contribution in [2.45, 2.75) is 37.8 Å². The van der Waals surface area contributed by atoms with E-state index in [1.165, 1.54) is 5.56 Å². The van der Waals surface area contributed by atoms with Gasteiger partial charge in [-0.15, -0.1) is 0 Å². The van der Waals surface area contributed by atoms with Gasteiger partial charge in [0.25, 0.3) is 0 Å². The molecular formula is C18H23NOS. The van der Waals surface area contributed by atoms with Gasteiger partial charge in [0.2, 0.25) is 0 Å². The second-order valence-electron chi connectivity index (χ2n) is 5.30. The first-order valence-electron chi connectivity index (χ1n) is 7.40. The van der Waals surface area contributed by atoms with Crippen molar-refractivity contribution in [3.05, 3.63) is 59.7 Å². The second kappa shape index (κ2) is 7.53. The molecule has 0 spiro atoms. The summed E-state index contributed by atoms with van der Waals surface area (Å²) >= 11 is 0. The zero-order chi connectivity index (χ0) is 15.2. The Balaban J connectivity index is 2.17. The summed E-state index contributed by atoms with van der Waals surface area (Å²) in [5, 5.41) is 0.252. The lowest BCUT2D eigenvalue weighted by Crippen LogP contribution is -2.11. The monoisotopic (exact) mass is 301 g/mol. The molecule has 0 fully saturated rings. The van der Waals surface area contributed by atoms with E-state index in [2.05, 4.69) is 43.3 Å². The molecule has 0 saturated heterocycles. The number of rotatable bonds is 6. The Morgan fingerprint density at radius 1 is 1.10 bits per heavy atom. The number of hydrogen-bond donors (Lipinski definition) is 1. The highest BCUT2D eigenvalue weighted by molar-refractivity contribution is 7.84. The number of nitrogens with two attached hydrogens (primary N) is 1. The van der Waals surface area contributed by atoms with E-state index < -0.39 is 10.8 Å². The SMILES string of the molecule is CCC(C)S(=O)Cc1ccc(-c2ccccc2CN)cc1. The molecule has 2 aromatic carbocycles. The highest BCUT2D eigenvalue weighted by Crippen LogP contribution is 2.24. The Morgan fingerprint density at radius 2 is 1.76 bits per heavy atom. The Bertz CT molecular complexity index is 607. The maximum absolute atomic E-state index is 12.1. The minimum atomic E-state index is -0.793. The zero-order valence-electron chi connectivity index (χ0n) is 12.7. The Labute approximate surface area is 129 Å². The molecule has 2 unspecified atom stereocenters. The first-order valence-corrected chi connectivity index (χ1v) is 8.78. The first-order chi connectivity index (χ1) is 10.2. The highest BCUT2D eigenvalue weighted by atomic mass is 32.2. The van der Waals surface area contributed by atoms with Gasteiger partial charge in [0, 0.05) is 28.3 Å². The molecule has 0 saturated carbocycles. The van der Waals surface area contributed by atoms with Crippen molar-refractivity contribution in [1.82, 2.24) is 0 Å². The lowest BCUT2D eigenvalue weighted by atomic mass is 9.99. The molecule has 2 atom stereocenters. The first kappa shape index (κ1) is 15.9. The largest absolute Gasteiger partial charge is 0.326 e. The lowest BCUT2D eigenvalue weighted by molar-refractivity contribution is 0.669. The van der Waals surface area contributed by atoms with Gasteiger partial charge in [0.1, 0.15) is 0 Å². The molecule has 2 nitrogen and oxygen atoms in total. The van der Waals surface area contributed by atoms with Crippen LogP contribution in [-0.2, 0) is 23.1 Å². The minimum absolute atomic E-state index is 0.252. The van der Waals surface area contributed by atoms with E-state index in [1.807, 2.05) is 19.1 Å². The van der Waals surface area contributed by atoms with Crippen LogP contribution in [0.1, 0.15) is 31.4 Å². The Kier molecular flexibility index (Phi) is 5.71. The molecule has 0 aromatic heterocycles. The van der Waals surface area contributed by atoms with E-state index in [4.69, 9.17) is 5.73 Å². The summed E-state index contributed by atoms with van der Waals surface area (Å²) in [6.45, 7) is 4.66. The smallest absolute Gasteiger partial charge is 0.0488 e. The standard InChI is InChI=1S/C18H23NOS/c1-3-14(2)21(20)13-15-8-10-16(11-9-15)18-7-5-4-6-17(18)12-19/h4-11,14H,3,12-13,19H2,1-2H3. The van der Waals surface area contributed by atoms with E-state index in [1.54, 1.807) is 0 Å². The van der Waals surface area contributed by atoms with E-state index >= 15 is 0 Å². The van der Waals surface area contributed by atoms with Crippen LogP contribution in [-0.4, -0.2) is 9.46 Å². The average Bonchev–Trinajstić information content (AvgIpc) is 2.54. The van der Waals surface area contributed by atoms with E-state index in [0.29, 0.717) is 12.3 Å². The van der Waals surface area contributed by atoms with Crippen LogP contribution in [0.2, 0.25) is 0 Å². The number of benzene rings is 2. The van der Waals surface area contributed by atoms with Gasteiger partial charge in [0.05, 0.1) is 0 Å². The predicted molar refractivity (Wildman–Crippen MR) is 91.4 cm³/mol. The van der Waals surface area contributed by atoms with Crippen LogP contribution < -0.4 is 5.73 Å².